The fraction of sp³-hybridized carbons (Fsp3) is 0.348. The second-order valence-electron chi connectivity index (χ2n) is 8.68. The Balaban J connectivity index is 1.20. The number of rotatable bonds is 4. The third-order valence-electron chi connectivity index (χ3n) is 6.81. The summed E-state index contributed by atoms with van der Waals surface area (Å²) in [5.74, 6) is 0.393. The summed E-state index contributed by atoms with van der Waals surface area (Å²) >= 11 is 0. The number of nitrogen functional groups attached to an aromatic ring is 1. The van der Waals surface area contributed by atoms with Gasteiger partial charge in [-0.1, -0.05) is 12.1 Å². The molecule has 1 saturated carbocycles. The molecular formula is C23H23N7O2. The van der Waals surface area contributed by atoms with Gasteiger partial charge >= 0.3 is 0 Å². The molecule has 4 atom stereocenters. The molecule has 6 rings (SSSR count). The second kappa shape index (κ2) is 7.32. The molecule has 4 aromatic rings. The smallest absolute Gasteiger partial charge is 0.145 e. The van der Waals surface area contributed by atoms with E-state index < -0.39 is 12.2 Å². The Morgan fingerprint density at radius 1 is 1.09 bits per heavy atom. The standard InChI is InChI=1S/C23H23N7O2/c24-22-15-5-6-30(23(15)26-11-25-22)19-9-14(20(31)21(19)32)4-2-12-1-3-13-8-17-18(10-27-29-17)28-16(13)7-12/h1,3,5-8,11,14,19-21,31-32H,2,4,9-10H2,(H2,24,25,26)/t14-,19+,20+,21-/m0/s1. The highest BCUT2D eigenvalue weighted by atomic mass is 16.3. The van der Waals surface area contributed by atoms with Gasteiger partial charge < -0.3 is 20.5 Å². The lowest BCUT2D eigenvalue weighted by Crippen LogP contribution is -2.29. The first-order valence-corrected chi connectivity index (χ1v) is 10.8. The molecule has 32 heavy (non-hydrogen) atoms. The van der Waals surface area contributed by atoms with Crippen molar-refractivity contribution in [3.8, 4) is 0 Å². The van der Waals surface area contributed by atoms with Crippen molar-refractivity contribution in [2.75, 3.05) is 5.73 Å². The van der Waals surface area contributed by atoms with Crippen molar-refractivity contribution in [3.63, 3.8) is 0 Å². The molecule has 0 spiro atoms. The number of hydrogen-bond donors (Lipinski definition) is 3. The maximum Gasteiger partial charge on any atom is 0.145 e. The molecule has 3 aromatic heterocycles. The van der Waals surface area contributed by atoms with Crippen molar-refractivity contribution in [2.24, 2.45) is 16.1 Å². The van der Waals surface area contributed by atoms with E-state index in [0.29, 0.717) is 24.4 Å². The van der Waals surface area contributed by atoms with Gasteiger partial charge in [-0.2, -0.15) is 10.2 Å². The van der Waals surface area contributed by atoms with E-state index in [-0.39, 0.29) is 12.0 Å². The lowest BCUT2D eigenvalue weighted by atomic mass is 9.95. The number of aliphatic hydroxyl groups is 2. The number of nitrogens with two attached hydrogens (primary N) is 1. The van der Waals surface area contributed by atoms with Gasteiger partial charge in [-0.05, 0) is 48.9 Å². The summed E-state index contributed by atoms with van der Waals surface area (Å²) in [4.78, 5) is 13.1. The Kier molecular flexibility index (Phi) is 4.41. The van der Waals surface area contributed by atoms with Crippen LogP contribution in [0.2, 0.25) is 0 Å². The Hall–Kier alpha value is -3.43. The maximum atomic E-state index is 10.8. The van der Waals surface area contributed by atoms with Crippen LogP contribution < -0.4 is 5.73 Å². The molecule has 0 saturated heterocycles. The molecule has 1 aromatic carbocycles. The summed E-state index contributed by atoms with van der Waals surface area (Å²) in [5.41, 5.74) is 10.5. The van der Waals surface area contributed by atoms with Crippen molar-refractivity contribution >= 4 is 33.4 Å². The van der Waals surface area contributed by atoms with Crippen LogP contribution in [0.1, 0.15) is 30.1 Å². The summed E-state index contributed by atoms with van der Waals surface area (Å²) in [6, 6.07) is 9.88. The van der Waals surface area contributed by atoms with E-state index in [1.807, 2.05) is 22.9 Å². The number of nitrogens with zero attached hydrogens (tertiary/aromatic N) is 6. The number of hydrogen-bond acceptors (Lipinski definition) is 8. The number of aryl methyl sites for hydroxylation is 1. The van der Waals surface area contributed by atoms with Crippen LogP contribution >= 0.6 is 0 Å². The van der Waals surface area contributed by atoms with Crippen molar-refractivity contribution in [1.82, 2.24) is 19.5 Å². The fourth-order valence-corrected chi connectivity index (χ4v) is 5.05. The highest BCUT2D eigenvalue weighted by Crippen LogP contribution is 2.40. The monoisotopic (exact) mass is 429 g/mol. The topological polar surface area (TPSA) is 135 Å². The van der Waals surface area contributed by atoms with E-state index in [4.69, 9.17) is 10.7 Å². The lowest BCUT2D eigenvalue weighted by Gasteiger charge is -2.19. The second-order valence-corrected chi connectivity index (χ2v) is 8.68. The summed E-state index contributed by atoms with van der Waals surface area (Å²) in [6.45, 7) is 0.535. The van der Waals surface area contributed by atoms with Gasteiger partial charge in [0.1, 0.15) is 36.1 Å². The van der Waals surface area contributed by atoms with Crippen LogP contribution in [0.4, 0.5) is 11.5 Å². The minimum atomic E-state index is -0.861. The summed E-state index contributed by atoms with van der Waals surface area (Å²) < 4.78 is 1.91. The van der Waals surface area contributed by atoms with E-state index in [1.165, 1.54) is 6.33 Å². The molecule has 4 heterocycles. The average molecular weight is 429 g/mol. The number of benzene rings is 1. The molecule has 162 valence electrons. The third kappa shape index (κ3) is 3.04. The zero-order chi connectivity index (χ0) is 21.8. The van der Waals surface area contributed by atoms with Gasteiger partial charge in [-0.3, -0.25) is 0 Å². The van der Waals surface area contributed by atoms with Crippen molar-refractivity contribution in [2.45, 2.75) is 44.1 Å². The number of fused-ring (bicyclic) bond motifs is 3. The SMILES string of the molecule is Nc1ncnc2c1ccn2[C@@H]1C[C@H](CCc2ccc3cc4c(nc3c2)CN=N4)[C@@H](O)[C@H]1O. The number of anilines is 1. The molecule has 4 N–H and O–H groups in total. The van der Waals surface area contributed by atoms with Gasteiger partial charge in [-0.25, -0.2) is 15.0 Å². The van der Waals surface area contributed by atoms with Gasteiger partial charge in [-0.15, -0.1) is 0 Å². The van der Waals surface area contributed by atoms with Crippen LogP contribution in [0.5, 0.6) is 0 Å². The first kappa shape index (κ1) is 19.3. The molecule has 0 bridgehead atoms. The Labute approximate surface area is 183 Å². The normalized spacial score (nSPS) is 24.6. The third-order valence-corrected chi connectivity index (χ3v) is 6.81. The van der Waals surface area contributed by atoms with Crippen molar-refractivity contribution in [3.05, 3.63) is 54.1 Å². The first-order chi connectivity index (χ1) is 15.6. The van der Waals surface area contributed by atoms with Gasteiger partial charge in [0.2, 0.25) is 0 Å². The summed E-state index contributed by atoms with van der Waals surface area (Å²) in [5, 5.41) is 31.5. The summed E-state index contributed by atoms with van der Waals surface area (Å²) in [6.07, 6.45) is 3.87. The molecule has 1 aliphatic carbocycles. The highest BCUT2D eigenvalue weighted by molar-refractivity contribution is 5.86. The minimum Gasteiger partial charge on any atom is -0.390 e. The molecule has 0 unspecified atom stereocenters. The predicted octanol–water partition coefficient (Wildman–Crippen LogP) is 3.07. The first-order valence-electron chi connectivity index (χ1n) is 10.8. The van der Waals surface area contributed by atoms with Crippen LogP contribution in [0, 0.1) is 5.92 Å². The number of aromatic nitrogens is 4. The van der Waals surface area contributed by atoms with Crippen LogP contribution in [0.3, 0.4) is 0 Å². The van der Waals surface area contributed by atoms with E-state index in [2.05, 4.69) is 38.4 Å². The Morgan fingerprint density at radius 2 is 2.00 bits per heavy atom. The fourth-order valence-electron chi connectivity index (χ4n) is 5.05. The number of azo groups is 1. The maximum absolute atomic E-state index is 10.8. The zero-order valence-electron chi connectivity index (χ0n) is 17.3. The van der Waals surface area contributed by atoms with Gasteiger partial charge in [0, 0.05) is 11.6 Å². The molecule has 0 amide bonds. The highest BCUT2D eigenvalue weighted by Gasteiger charge is 2.42. The van der Waals surface area contributed by atoms with E-state index in [0.717, 1.165) is 46.1 Å². The average Bonchev–Trinajstić information content (AvgIpc) is 3.50. The summed E-state index contributed by atoms with van der Waals surface area (Å²) in [7, 11) is 0. The molecule has 9 nitrogen and oxygen atoms in total. The van der Waals surface area contributed by atoms with Gasteiger partial charge in [0.05, 0.1) is 28.7 Å². The number of pyridine rings is 1. The minimum absolute atomic E-state index is 0.0205. The molecule has 9 heteroatoms. The van der Waals surface area contributed by atoms with E-state index in [9.17, 15) is 10.2 Å². The van der Waals surface area contributed by atoms with E-state index >= 15 is 0 Å². The molecule has 1 fully saturated rings. The predicted molar refractivity (Wildman–Crippen MR) is 119 cm³/mol. The van der Waals surface area contributed by atoms with Crippen LogP contribution in [-0.4, -0.2) is 41.9 Å². The van der Waals surface area contributed by atoms with Gasteiger partial charge in [0.25, 0.3) is 0 Å². The van der Waals surface area contributed by atoms with E-state index in [1.54, 1.807) is 0 Å². The van der Waals surface area contributed by atoms with Crippen LogP contribution in [0.15, 0.2) is 53.1 Å². The Bertz CT molecular complexity index is 1370. The molecular weight excluding hydrogens is 406 g/mol. The molecule has 2 aliphatic rings. The quantitative estimate of drug-likeness (QED) is 0.456. The number of aliphatic hydroxyl groups excluding tert-OH is 2. The largest absolute Gasteiger partial charge is 0.390 e. The van der Waals surface area contributed by atoms with Crippen molar-refractivity contribution in [1.29, 1.82) is 0 Å². The molecule has 1 aliphatic heterocycles. The Morgan fingerprint density at radius 3 is 2.91 bits per heavy atom. The zero-order valence-corrected chi connectivity index (χ0v) is 17.3. The molecule has 0 radical (unpaired) electrons. The van der Waals surface area contributed by atoms with Crippen LogP contribution in [0.25, 0.3) is 21.9 Å². The van der Waals surface area contributed by atoms with Crippen LogP contribution in [-0.2, 0) is 13.0 Å². The van der Waals surface area contributed by atoms with Gasteiger partial charge in [0.15, 0.2) is 0 Å². The van der Waals surface area contributed by atoms with Crippen molar-refractivity contribution < 1.29 is 10.2 Å². The lowest BCUT2D eigenvalue weighted by molar-refractivity contribution is 0.00545.